The van der Waals surface area contributed by atoms with Crippen molar-refractivity contribution in [1.29, 1.82) is 0 Å². The fourth-order valence-corrected chi connectivity index (χ4v) is 2.32. The van der Waals surface area contributed by atoms with Gasteiger partial charge < -0.3 is 4.90 Å². The Balaban J connectivity index is 2.17. The van der Waals surface area contributed by atoms with Crippen LogP contribution >= 0.6 is 31.9 Å². The number of hydrogen-bond donors (Lipinski definition) is 0. The first-order chi connectivity index (χ1) is 8.16. The Morgan fingerprint density at radius 1 is 1.06 bits per heavy atom. The smallest absolute Gasteiger partial charge is 0.129 e. The largest absolute Gasteiger partial charge is 0.355 e. The average molecular weight is 356 g/mol. The highest BCUT2D eigenvalue weighted by Gasteiger charge is 2.05. The molecule has 1 heterocycles. The minimum atomic E-state index is 0.824. The summed E-state index contributed by atoms with van der Waals surface area (Å²) >= 11 is 6.94. The van der Waals surface area contributed by atoms with Crippen molar-refractivity contribution in [2.45, 2.75) is 6.54 Å². The van der Waals surface area contributed by atoms with E-state index in [1.54, 1.807) is 0 Å². The molecule has 0 saturated heterocycles. The number of rotatable bonds is 3. The van der Waals surface area contributed by atoms with Crippen molar-refractivity contribution >= 4 is 37.7 Å². The molecule has 0 aliphatic heterocycles. The van der Waals surface area contributed by atoms with Gasteiger partial charge in [-0.05, 0) is 39.7 Å². The van der Waals surface area contributed by atoms with Crippen molar-refractivity contribution in [2.24, 2.45) is 0 Å². The number of anilines is 1. The van der Waals surface area contributed by atoms with Gasteiger partial charge in [0.05, 0.1) is 0 Å². The van der Waals surface area contributed by atoms with Crippen molar-refractivity contribution in [2.75, 3.05) is 11.9 Å². The zero-order valence-corrected chi connectivity index (χ0v) is 12.6. The monoisotopic (exact) mass is 354 g/mol. The predicted octanol–water partition coefficient (Wildman–Crippen LogP) is 4.24. The van der Waals surface area contributed by atoms with Crippen LogP contribution in [0.1, 0.15) is 5.56 Å². The van der Waals surface area contributed by atoms with Gasteiger partial charge in [0.2, 0.25) is 0 Å². The van der Waals surface area contributed by atoms with E-state index < -0.39 is 0 Å². The third-order valence-electron chi connectivity index (χ3n) is 2.46. The minimum Gasteiger partial charge on any atom is -0.355 e. The fraction of sp³-hybridized carbons (Fsp3) is 0.154. The van der Waals surface area contributed by atoms with Gasteiger partial charge in [-0.25, -0.2) is 4.98 Å². The molecule has 1 aromatic heterocycles. The molecule has 0 spiro atoms. The summed E-state index contributed by atoms with van der Waals surface area (Å²) in [4.78, 5) is 6.54. The molecule has 0 N–H and O–H groups in total. The third-order valence-corrected chi connectivity index (χ3v) is 3.67. The van der Waals surface area contributed by atoms with Crippen molar-refractivity contribution in [3.05, 3.63) is 57.1 Å². The molecule has 1 aromatic carbocycles. The van der Waals surface area contributed by atoms with Crippen LogP contribution in [-0.2, 0) is 6.54 Å². The van der Waals surface area contributed by atoms with Gasteiger partial charge in [-0.3, -0.25) is 0 Å². The first-order valence-electron chi connectivity index (χ1n) is 5.24. The first kappa shape index (κ1) is 12.6. The van der Waals surface area contributed by atoms with E-state index in [0.717, 1.165) is 21.4 Å². The van der Waals surface area contributed by atoms with Gasteiger partial charge >= 0.3 is 0 Å². The van der Waals surface area contributed by atoms with Gasteiger partial charge in [-0.15, -0.1) is 0 Å². The topological polar surface area (TPSA) is 16.1 Å². The highest BCUT2D eigenvalue weighted by molar-refractivity contribution is 9.10. The molecule has 17 heavy (non-hydrogen) atoms. The summed E-state index contributed by atoms with van der Waals surface area (Å²) in [7, 11) is 2.04. The molecule has 4 heteroatoms. The summed E-state index contributed by atoms with van der Waals surface area (Å²) in [5, 5.41) is 0. The number of aromatic nitrogens is 1. The second-order valence-electron chi connectivity index (χ2n) is 3.77. The maximum atomic E-state index is 4.43. The predicted molar refractivity (Wildman–Crippen MR) is 78.2 cm³/mol. The maximum Gasteiger partial charge on any atom is 0.129 e. The highest BCUT2D eigenvalue weighted by atomic mass is 79.9. The Hall–Kier alpha value is -0.870. The van der Waals surface area contributed by atoms with E-state index in [9.17, 15) is 0 Å². The van der Waals surface area contributed by atoms with E-state index in [1.807, 2.05) is 37.4 Å². The van der Waals surface area contributed by atoms with E-state index in [-0.39, 0.29) is 0 Å². The lowest BCUT2D eigenvalue weighted by atomic mass is 10.2. The summed E-state index contributed by atoms with van der Waals surface area (Å²) in [6.07, 6.45) is 0. The molecule has 2 aromatic rings. The second-order valence-corrected chi connectivity index (χ2v) is 5.43. The Morgan fingerprint density at radius 2 is 1.82 bits per heavy atom. The first-order valence-corrected chi connectivity index (χ1v) is 6.82. The van der Waals surface area contributed by atoms with Crippen LogP contribution in [0.15, 0.2) is 51.5 Å². The summed E-state index contributed by atoms with van der Waals surface area (Å²) < 4.78 is 1.98. The van der Waals surface area contributed by atoms with Gasteiger partial charge in [-0.1, -0.05) is 40.2 Å². The normalized spacial score (nSPS) is 10.3. The molecule has 88 valence electrons. The quantitative estimate of drug-likeness (QED) is 0.765. The number of halogens is 2. The molecular weight excluding hydrogens is 344 g/mol. The standard InChI is InChI=1S/C13H12Br2N2/c1-17(13-8-4-7-12(15)16-13)9-10-5-2-3-6-11(10)14/h2-8H,9H2,1H3. The minimum absolute atomic E-state index is 0.824. The Bertz CT molecular complexity index is 514. The average Bonchev–Trinajstić information content (AvgIpc) is 2.32. The third kappa shape index (κ3) is 3.30. The maximum absolute atomic E-state index is 4.43. The lowest BCUT2D eigenvalue weighted by Crippen LogP contribution is -2.17. The summed E-state index contributed by atoms with van der Waals surface area (Å²) in [6.45, 7) is 0.824. The Labute approximate surface area is 118 Å². The molecule has 0 fully saturated rings. The van der Waals surface area contributed by atoms with Crippen LogP contribution in [-0.4, -0.2) is 12.0 Å². The number of hydrogen-bond acceptors (Lipinski definition) is 2. The summed E-state index contributed by atoms with van der Waals surface area (Å²) in [5.74, 6) is 0.954. The molecule has 0 radical (unpaired) electrons. The van der Waals surface area contributed by atoms with E-state index >= 15 is 0 Å². The molecule has 0 unspecified atom stereocenters. The van der Waals surface area contributed by atoms with E-state index in [1.165, 1.54) is 5.56 Å². The number of benzene rings is 1. The molecule has 0 aliphatic rings. The highest BCUT2D eigenvalue weighted by Crippen LogP contribution is 2.20. The van der Waals surface area contributed by atoms with Gasteiger partial charge in [-0.2, -0.15) is 0 Å². The second kappa shape index (κ2) is 5.65. The van der Waals surface area contributed by atoms with Gasteiger partial charge in [0.1, 0.15) is 10.4 Å². The van der Waals surface area contributed by atoms with E-state index in [2.05, 4.69) is 53.9 Å². The van der Waals surface area contributed by atoms with E-state index in [0.29, 0.717) is 0 Å². The molecule has 0 saturated carbocycles. The van der Waals surface area contributed by atoms with E-state index in [4.69, 9.17) is 0 Å². The Morgan fingerprint density at radius 3 is 2.53 bits per heavy atom. The molecule has 0 aliphatic carbocycles. The van der Waals surface area contributed by atoms with Crippen LogP contribution < -0.4 is 4.90 Å². The summed E-state index contributed by atoms with van der Waals surface area (Å²) in [5.41, 5.74) is 1.25. The van der Waals surface area contributed by atoms with Gasteiger partial charge in [0, 0.05) is 18.1 Å². The lowest BCUT2D eigenvalue weighted by Gasteiger charge is -2.19. The van der Waals surface area contributed by atoms with Gasteiger partial charge in [0.25, 0.3) is 0 Å². The number of nitrogens with zero attached hydrogens (tertiary/aromatic N) is 2. The SMILES string of the molecule is CN(Cc1ccccc1Br)c1cccc(Br)n1. The van der Waals surface area contributed by atoms with Crippen molar-refractivity contribution in [1.82, 2.24) is 4.98 Å². The number of pyridine rings is 1. The van der Waals surface area contributed by atoms with Crippen LogP contribution in [0.2, 0.25) is 0 Å². The van der Waals surface area contributed by atoms with Crippen LogP contribution in [0.3, 0.4) is 0 Å². The molecular formula is C13H12Br2N2. The molecule has 0 amide bonds. The summed E-state index contributed by atoms with van der Waals surface area (Å²) in [6, 6.07) is 14.1. The van der Waals surface area contributed by atoms with Crippen molar-refractivity contribution in [3.8, 4) is 0 Å². The van der Waals surface area contributed by atoms with Crippen molar-refractivity contribution in [3.63, 3.8) is 0 Å². The van der Waals surface area contributed by atoms with Gasteiger partial charge in [0.15, 0.2) is 0 Å². The zero-order valence-electron chi connectivity index (χ0n) is 9.40. The van der Waals surface area contributed by atoms with Crippen LogP contribution in [0.5, 0.6) is 0 Å². The fourth-order valence-electron chi connectivity index (χ4n) is 1.57. The van der Waals surface area contributed by atoms with Crippen LogP contribution in [0.25, 0.3) is 0 Å². The lowest BCUT2D eigenvalue weighted by molar-refractivity contribution is 0.891. The van der Waals surface area contributed by atoms with Crippen LogP contribution in [0, 0.1) is 0 Å². The molecule has 2 rings (SSSR count). The van der Waals surface area contributed by atoms with Crippen molar-refractivity contribution < 1.29 is 0 Å². The molecule has 2 nitrogen and oxygen atoms in total. The Kier molecular flexibility index (Phi) is 4.18. The van der Waals surface area contributed by atoms with Crippen LogP contribution in [0.4, 0.5) is 5.82 Å². The molecule has 0 atom stereocenters. The zero-order chi connectivity index (χ0) is 12.3. The molecule has 0 bridgehead atoms.